The van der Waals surface area contributed by atoms with E-state index in [0.717, 1.165) is 12.8 Å². The molecule has 0 bridgehead atoms. The number of unbranched alkanes of at least 4 members (excludes halogenated alkanes) is 1. The van der Waals surface area contributed by atoms with Gasteiger partial charge in [-0.15, -0.1) is 12.3 Å². The maximum absolute atomic E-state index is 9.16. The Morgan fingerprint density at radius 3 is 2.92 bits per heavy atom. The van der Waals surface area contributed by atoms with Crippen LogP contribution in [0.4, 0.5) is 0 Å². The van der Waals surface area contributed by atoms with Gasteiger partial charge in [0.25, 0.3) is 0 Å². The molecule has 12 heavy (non-hydrogen) atoms. The Hall–Kier alpha value is -1.17. The highest BCUT2D eigenvalue weighted by Gasteiger charge is 1.99. The molecule has 1 N–H and O–H groups in total. The number of terminal acetylenes is 1. The van der Waals surface area contributed by atoms with Gasteiger partial charge in [0, 0.05) is 17.9 Å². The molecule has 0 fully saturated rings. The van der Waals surface area contributed by atoms with Crippen molar-refractivity contribution in [2.75, 3.05) is 6.54 Å². The lowest BCUT2D eigenvalue weighted by Gasteiger charge is -2.04. The third kappa shape index (κ3) is 6.94. The Kier molecular flexibility index (Phi) is 7.16. The number of aliphatic hydroxyl groups is 1. The van der Waals surface area contributed by atoms with E-state index in [-0.39, 0.29) is 0 Å². The van der Waals surface area contributed by atoms with Crippen LogP contribution in [0.2, 0.25) is 0 Å². The van der Waals surface area contributed by atoms with Crippen LogP contribution >= 0.6 is 0 Å². The fraction of sp³-hybridized carbons (Fsp3) is 0.750. The molecule has 0 saturated heterocycles. The molecular weight excluding hydrogens is 154 g/mol. The summed E-state index contributed by atoms with van der Waals surface area (Å²) in [5.41, 5.74) is 7.94. The lowest BCUT2D eigenvalue weighted by Crippen LogP contribution is -2.04. The average Bonchev–Trinajstić information content (AvgIpc) is 2.05. The normalized spacial score (nSPS) is 11.3. The summed E-state index contributed by atoms with van der Waals surface area (Å²) in [5, 5.41) is 12.5. The molecule has 66 valence electrons. The van der Waals surface area contributed by atoms with E-state index in [2.05, 4.69) is 15.9 Å². The molecule has 4 nitrogen and oxygen atoms in total. The van der Waals surface area contributed by atoms with Gasteiger partial charge in [0.1, 0.15) is 0 Å². The van der Waals surface area contributed by atoms with Gasteiger partial charge in [0.2, 0.25) is 0 Å². The van der Waals surface area contributed by atoms with E-state index in [9.17, 15) is 0 Å². The summed E-state index contributed by atoms with van der Waals surface area (Å²) < 4.78 is 0. The predicted molar refractivity (Wildman–Crippen MR) is 47.3 cm³/mol. The Balaban J connectivity index is 3.20. The van der Waals surface area contributed by atoms with Crippen LogP contribution < -0.4 is 0 Å². The SMILES string of the molecule is C#CCC(O)CCCCN=[N+]=[N-]. The van der Waals surface area contributed by atoms with Crippen LogP contribution in [0.25, 0.3) is 10.4 Å². The average molecular weight is 167 g/mol. The number of azide groups is 1. The van der Waals surface area contributed by atoms with Crippen molar-refractivity contribution < 1.29 is 5.11 Å². The summed E-state index contributed by atoms with van der Waals surface area (Å²) in [4.78, 5) is 2.62. The molecular formula is C8H13N3O. The Morgan fingerprint density at radius 1 is 1.58 bits per heavy atom. The standard InChI is InChI=1S/C8H13N3O/c1-2-5-8(12)6-3-4-7-10-11-9/h1,8,12H,3-7H2. The molecule has 0 heterocycles. The lowest BCUT2D eigenvalue weighted by molar-refractivity contribution is 0.166. The van der Waals surface area contributed by atoms with Gasteiger partial charge < -0.3 is 5.11 Å². The fourth-order valence-corrected chi connectivity index (χ4v) is 0.845. The van der Waals surface area contributed by atoms with Crippen molar-refractivity contribution in [2.24, 2.45) is 5.11 Å². The highest BCUT2D eigenvalue weighted by Crippen LogP contribution is 2.03. The van der Waals surface area contributed by atoms with Crippen LogP contribution in [0.3, 0.4) is 0 Å². The minimum Gasteiger partial charge on any atom is -0.392 e. The third-order valence-corrected chi connectivity index (χ3v) is 1.46. The van der Waals surface area contributed by atoms with Crippen molar-refractivity contribution >= 4 is 0 Å². The van der Waals surface area contributed by atoms with Crippen LogP contribution in [0.15, 0.2) is 5.11 Å². The molecule has 0 rings (SSSR count). The van der Waals surface area contributed by atoms with Crippen molar-refractivity contribution in [1.82, 2.24) is 0 Å². The quantitative estimate of drug-likeness (QED) is 0.212. The highest BCUT2D eigenvalue weighted by molar-refractivity contribution is 4.86. The summed E-state index contributed by atoms with van der Waals surface area (Å²) in [6.45, 7) is 0.499. The van der Waals surface area contributed by atoms with Crippen molar-refractivity contribution in [3.8, 4) is 12.3 Å². The zero-order chi connectivity index (χ0) is 9.23. The first kappa shape index (κ1) is 10.8. The minimum atomic E-state index is -0.402. The molecule has 1 atom stereocenters. The monoisotopic (exact) mass is 167 g/mol. The van der Waals surface area contributed by atoms with Crippen molar-refractivity contribution in [1.29, 1.82) is 0 Å². The molecule has 0 spiro atoms. The van der Waals surface area contributed by atoms with Gasteiger partial charge >= 0.3 is 0 Å². The van der Waals surface area contributed by atoms with E-state index in [4.69, 9.17) is 17.1 Å². The largest absolute Gasteiger partial charge is 0.392 e. The molecule has 0 radical (unpaired) electrons. The molecule has 0 aliphatic carbocycles. The number of rotatable bonds is 6. The molecule has 1 unspecified atom stereocenters. The smallest absolute Gasteiger partial charge is 0.0649 e. The molecule has 0 aliphatic rings. The molecule has 0 amide bonds. The number of hydrogen-bond donors (Lipinski definition) is 1. The van der Waals surface area contributed by atoms with Crippen molar-refractivity contribution in [3.63, 3.8) is 0 Å². The summed E-state index contributed by atoms with van der Waals surface area (Å²) in [5.74, 6) is 2.39. The van der Waals surface area contributed by atoms with Gasteiger partial charge in [0.05, 0.1) is 6.10 Å². The van der Waals surface area contributed by atoms with Crippen LogP contribution in [0.5, 0.6) is 0 Å². The second-order valence-electron chi connectivity index (χ2n) is 2.51. The van der Waals surface area contributed by atoms with Gasteiger partial charge in [-0.1, -0.05) is 11.5 Å². The van der Waals surface area contributed by atoms with E-state index < -0.39 is 6.10 Å². The Labute approximate surface area is 72.2 Å². The first-order valence-corrected chi connectivity index (χ1v) is 3.93. The Bertz CT molecular complexity index is 191. The number of aliphatic hydroxyl groups excluding tert-OH is 1. The molecule has 0 aliphatic heterocycles. The van der Waals surface area contributed by atoms with E-state index in [1.54, 1.807) is 0 Å². The topological polar surface area (TPSA) is 69.0 Å². The zero-order valence-corrected chi connectivity index (χ0v) is 6.98. The summed E-state index contributed by atoms with van der Waals surface area (Å²) >= 11 is 0. The Morgan fingerprint density at radius 2 is 2.33 bits per heavy atom. The van der Waals surface area contributed by atoms with Crippen LogP contribution in [-0.2, 0) is 0 Å². The zero-order valence-electron chi connectivity index (χ0n) is 6.98. The maximum atomic E-state index is 9.16. The van der Waals surface area contributed by atoms with Crippen molar-refractivity contribution in [2.45, 2.75) is 31.8 Å². The van der Waals surface area contributed by atoms with Crippen LogP contribution in [0.1, 0.15) is 25.7 Å². The van der Waals surface area contributed by atoms with E-state index in [0.29, 0.717) is 19.4 Å². The van der Waals surface area contributed by atoms with Gasteiger partial charge in [-0.2, -0.15) is 0 Å². The first-order valence-electron chi connectivity index (χ1n) is 3.93. The summed E-state index contributed by atoms with van der Waals surface area (Å²) in [6.07, 6.45) is 7.35. The summed E-state index contributed by atoms with van der Waals surface area (Å²) in [6, 6.07) is 0. The summed E-state index contributed by atoms with van der Waals surface area (Å²) in [7, 11) is 0. The molecule has 0 aromatic heterocycles. The van der Waals surface area contributed by atoms with E-state index >= 15 is 0 Å². The third-order valence-electron chi connectivity index (χ3n) is 1.46. The van der Waals surface area contributed by atoms with Crippen LogP contribution in [-0.4, -0.2) is 17.8 Å². The van der Waals surface area contributed by atoms with Crippen LogP contribution in [0, 0.1) is 12.3 Å². The van der Waals surface area contributed by atoms with Gasteiger partial charge in [0.15, 0.2) is 0 Å². The molecule has 0 aromatic carbocycles. The highest BCUT2D eigenvalue weighted by atomic mass is 16.3. The van der Waals surface area contributed by atoms with Gasteiger partial charge in [-0.25, -0.2) is 0 Å². The molecule has 0 saturated carbocycles. The molecule has 4 heteroatoms. The number of hydrogen-bond acceptors (Lipinski definition) is 2. The second-order valence-corrected chi connectivity index (χ2v) is 2.51. The first-order chi connectivity index (χ1) is 5.81. The van der Waals surface area contributed by atoms with Gasteiger partial charge in [-0.3, -0.25) is 0 Å². The maximum Gasteiger partial charge on any atom is 0.0649 e. The van der Waals surface area contributed by atoms with E-state index in [1.165, 1.54) is 0 Å². The lowest BCUT2D eigenvalue weighted by atomic mass is 10.1. The fourth-order valence-electron chi connectivity index (χ4n) is 0.845. The van der Waals surface area contributed by atoms with E-state index in [1.807, 2.05) is 0 Å². The predicted octanol–water partition coefficient (Wildman–Crippen LogP) is 1.85. The van der Waals surface area contributed by atoms with Crippen molar-refractivity contribution in [3.05, 3.63) is 10.4 Å². The molecule has 0 aromatic rings. The minimum absolute atomic E-state index is 0.402. The number of nitrogens with zero attached hydrogens (tertiary/aromatic N) is 3. The second kappa shape index (κ2) is 7.93. The van der Waals surface area contributed by atoms with Gasteiger partial charge in [-0.05, 0) is 18.4 Å².